The van der Waals surface area contributed by atoms with Crippen LogP contribution in [0.4, 0.5) is 0 Å². The number of hydrogen-bond donors (Lipinski definition) is 2. The van der Waals surface area contributed by atoms with E-state index in [9.17, 15) is 0 Å². The Kier molecular flexibility index (Phi) is 2.11. The van der Waals surface area contributed by atoms with Crippen molar-refractivity contribution in [2.24, 2.45) is 0 Å². The fraction of sp³-hybridized carbons (Fsp3) is 1.00. The molecule has 2 aliphatic heterocycles. The van der Waals surface area contributed by atoms with E-state index in [0.29, 0.717) is 0 Å². The Balaban J connectivity index is 1.86. The molecule has 3 heteroatoms. The molecule has 2 N–H and O–H groups in total. The molecule has 0 aromatic heterocycles. The molecule has 2 heterocycles. The van der Waals surface area contributed by atoms with Crippen molar-refractivity contribution in [2.75, 3.05) is 32.8 Å². The van der Waals surface area contributed by atoms with Crippen molar-refractivity contribution in [3.05, 3.63) is 0 Å². The second-order valence-electron chi connectivity index (χ2n) is 3.49. The molecular weight excluding hydrogens is 140 g/mol. The van der Waals surface area contributed by atoms with Crippen LogP contribution in [0, 0.1) is 0 Å². The summed E-state index contributed by atoms with van der Waals surface area (Å²) in [4.78, 5) is 0. The standard InChI is InChI=1S/C8H16N2O/c1-3-9-4-2-8(11-5-1)6-10-7-8/h9-10H,1-7H2. The lowest BCUT2D eigenvalue weighted by atomic mass is 9.92. The Bertz CT molecular complexity index is 124. The van der Waals surface area contributed by atoms with Crippen LogP contribution in [0.25, 0.3) is 0 Å². The number of nitrogens with one attached hydrogen (secondary N) is 2. The molecule has 0 aliphatic carbocycles. The molecule has 0 aromatic carbocycles. The first-order valence-electron chi connectivity index (χ1n) is 4.47. The summed E-state index contributed by atoms with van der Waals surface area (Å²) in [6, 6.07) is 0. The Morgan fingerprint density at radius 3 is 2.73 bits per heavy atom. The molecule has 2 saturated heterocycles. The van der Waals surface area contributed by atoms with Gasteiger partial charge < -0.3 is 15.4 Å². The molecule has 0 saturated carbocycles. The lowest BCUT2D eigenvalue weighted by Gasteiger charge is -2.43. The van der Waals surface area contributed by atoms with Crippen LogP contribution in [0.1, 0.15) is 12.8 Å². The average Bonchev–Trinajstić information content (AvgIpc) is 1.82. The Labute approximate surface area is 67.5 Å². The predicted molar refractivity (Wildman–Crippen MR) is 43.7 cm³/mol. The zero-order valence-electron chi connectivity index (χ0n) is 6.86. The van der Waals surface area contributed by atoms with Gasteiger partial charge in [0.2, 0.25) is 0 Å². The highest BCUT2D eigenvalue weighted by Crippen LogP contribution is 2.21. The van der Waals surface area contributed by atoms with Gasteiger partial charge in [-0.2, -0.15) is 0 Å². The van der Waals surface area contributed by atoms with Crippen LogP contribution in [-0.4, -0.2) is 38.4 Å². The SMILES string of the molecule is C1CNCCC2(CNC2)OC1. The van der Waals surface area contributed by atoms with E-state index in [-0.39, 0.29) is 5.60 Å². The molecule has 0 unspecified atom stereocenters. The minimum atomic E-state index is 0.202. The quantitative estimate of drug-likeness (QED) is 0.506. The normalized spacial score (nSPS) is 30.5. The Morgan fingerprint density at radius 2 is 2.00 bits per heavy atom. The molecule has 0 radical (unpaired) electrons. The highest BCUT2D eigenvalue weighted by Gasteiger charge is 2.37. The minimum Gasteiger partial charge on any atom is -0.372 e. The van der Waals surface area contributed by atoms with Crippen LogP contribution >= 0.6 is 0 Å². The van der Waals surface area contributed by atoms with Gasteiger partial charge >= 0.3 is 0 Å². The lowest BCUT2D eigenvalue weighted by molar-refractivity contribution is -0.0904. The summed E-state index contributed by atoms with van der Waals surface area (Å²) in [5, 5.41) is 6.67. The summed E-state index contributed by atoms with van der Waals surface area (Å²) in [6.07, 6.45) is 2.32. The van der Waals surface area contributed by atoms with E-state index in [1.54, 1.807) is 0 Å². The summed E-state index contributed by atoms with van der Waals surface area (Å²) >= 11 is 0. The van der Waals surface area contributed by atoms with Gasteiger partial charge in [0.25, 0.3) is 0 Å². The molecule has 3 nitrogen and oxygen atoms in total. The fourth-order valence-corrected chi connectivity index (χ4v) is 1.68. The number of ether oxygens (including phenoxy) is 1. The molecule has 2 fully saturated rings. The van der Waals surface area contributed by atoms with Crippen molar-refractivity contribution in [1.29, 1.82) is 0 Å². The zero-order valence-corrected chi connectivity index (χ0v) is 6.86. The van der Waals surface area contributed by atoms with Gasteiger partial charge in [0, 0.05) is 19.7 Å². The summed E-state index contributed by atoms with van der Waals surface area (Å²) < 4.78 is 5.80. The minimum absolute atomic E-state index is 0.202. The van der Waals surface area contributed by atoms with Crippen molar-refractivity contribution in [3.8, 4) is 0 Å². The van der Waals surface area contributed by atoms with Crippen LogP contribution in [0.2, 0.25) is 0 Å². The first kappa shape index (κ1) is 7.53. The van der Waals surface area contributed by atoms with Gasteiger partial charge in [-0.15, -0.1) is 0 Å². The fourth-order valence-electron chi connectivity index (χ4n) is 1.68. The van der Waals surface area contributed by atoms with Gasteiger partial charge in [-0.05, 0) is 25.9 Å². The van der Waals surface area contributed by atoms with Crippen LogP contribution in [0.15, 0.2) is 0 Å². The van der Waals surface area contributed by atoms with Crippen LogP contribution in [0.3, 0.4) is 0 Å². The zero-order chi connectivity index (χ0) is 7.57. The molecule has 0 bridgehead atoms. The number of rotatable bonds is 0. The van der Waals surface area contributed by atoms with E-state index in [4.69, 9.17) is 4.74 Å². The Hall–Kier alpha value is -0.120. The second kappa shape index (κ2) is 3.09. The highest BCUT2D eigenvalue weighted by atomic mass is 16.5. The van der Waals surface area contributed by atoms with Crippen molar-refractivity contribution >= 4 is 0 Å². The Morgan fingerprint density at radius 1 is 1.09 bits per heavy atom. The predicted octanol–water partition coefficient (Wildman–Crippen LogP) is -0.272. The van der Waals surface area contributed by atoms with Crippen molar-refractivity contribution < 1.29 is 4.74 Å². The van der Waals surface area contributed by atoms with E-state index < -0.39 is 0 Å². The third-order valence-electron chi connectivity index (χ3n) is 2.56. The van der Waals surface area contributed by atoms with Crippen molar-refractivity contribution in [3.63, 3.8) is 0 Å². The summed E-state index contributed by atoms with van der Waals surface area (Å²) in [5.41, 5.74) is 0.202. The van der Waals surface area contributed by atoms with Gasteiger partial charge in [0.05, 0.1) is 5.60 Å². The van der Waals surface area contributed by atoms with Gasteiger partial charge in [-0.3, -0.25) is 0 Å². The maximum absolute atomic E-state index is 5.80. The largest absolute Gasteiger partial charge is 0.372 e. The third kappa shape index (κ3) is 1.55. The molecular formula is C8H16N2O. The van der Waals surface area contributed by atoms with Gasteiger partial charge in [0.15, 0.2) is 0 Å². The van der Waals surface area contributed by atoms with Crippen LogP contribution in [0.5, 0.6) is 0 Å². The monoisotopic (exact) mass is 156 g/mol. The van der Waals surface area contributed by atoms with E-state index in [1.165, 1.54) is 6.42 Å². The molecule has 64 valence electrons. The molecule has 0 aromatic rings. The van der Waals surface area contributed by atoms with Crippen molar-refractivity contribution in [1.82, 2.24) is 10.6 Å². The maximum atomic E-state index is 5.80. The maximum Gasteiger partial charge on any atom is 0.0941 e. The number of hydrogen-bond acceptors (Lipinski definition) is 3. The van der Waals surface area contributed by atoms with E-state index in [1.807, 2.05) is 0 Å². The first-order chi connectivity index (χ1) is 5.41. The topological polar surface area (TPSA) is 33.3 Å². The summed E-state index contributed by atoms with van der Waals surface area (Å²) in [6.45, 7) is 5.25. The first-order valence-corrected chi connectivity index (χ1v) is 4.47. The van der Waals surface area contributed by atoms with Gasteiger partial charge in [-0.25, -0.2) is 0 Å². The second-order valence-corrected chi connectivity index (χ2v) is 3.49. The summed E-state index contributed by atoms with van der Waals surface area (Å²) in [5.74, 6) is 0. The summed E-state index contributed by atoms with van der Waals surface area (Å²) in [7, 11) is 0. The van der Waals surface area contributed by atoms with Crippen LogP contribution < -0.4 is 10.6 Å². The van der Waals surface area contributed by atoms with E-state index >= 15 is 0 Å². The van der Waals surface area contributed by atoms with Crippen molar-refractivity contribution in [2.45, 2.75) is 18.4 Å². The van der Waals surface area contributed by atoms with Crippen LogP contribution in [-0.2, 0) is 4.74 Å². The molecule has 0 amide bonds. The van der Waals surface area contributed by atoms with E-state index in [2.05, 4.69) is 10.6 Å². The van der Waals surface area contributed by atoms with E-state index in [0.717, 1.165) is 39.2 Å². The lowest BCUT2D eigenvalue weighted by Crippen LogP contribution is -2.62. The molecule has 11 heavy (non-hydrogen) atoms. The third-order valence-corrected chi connectivity index (χ3v) is 2.56. The molecule has 2 aliphatic rings. The highest BCUT2D eigenvalue weighted by molar-refractivity contribution is 4.95. The molecule has 1 spiro atoms. The van der Waals surface area contributed by atoms with Gasteiger partial charge in [0.1, 0.15) is 0 Å². The van der Waals surface area contributed by atoms with Gasteiger partial charge in [-0.1, -0.05) is 0 Å². The average molecular weight is 156 g/mol. The smallest absolute Gasteiger partial charge is 0.0941 e. The molecule has 2 rings (SSSR count). The molecule has 0 atom stereocenters.